The van der Waals surface area contributed by atoms with Crippen LogP contribution in [0.1, 0.15) is 120 Å². The molecule has 1 saturated carbocycles. The van der Waals surface area contributed by atoms with Gasteiger partial charge in [0.1, 0.15) is 11.5 Å². The summed E-state index contributed by atoms with van der Waals surface area (Å²) in [5.41, 5.74) is 5.13. The highest BCUT2D eigenvalue weighted by atomic mass is 16.5. The normalized spacial score (nSPS) is 16.3. The second-order valence-corrected chi connectivity index (χ2v) is 13.6. The fourth-order valence-corrected chi connectivity index (χ4v) is 6.89. The molecule has 1 amide bonds. The molecule has 4 nitrogen and oxygen atoms in total. The summed E-state index contributed by atoms with van der Waals surface area (Å²) in [5, 5.41) is 14.0. The monoisotopic (exact) mass is 567 g/mol. The number of anilines is 1. The number of para-hydroxylation sites is 2. The van der Waals surface area contributed by atoms with E-state index in [1.807, 2.05) is 36.4 Å². The van der Waals surface area contributed by atoms with Crippen molar-refractivity contribution in [2.24, 2.45) is 5.92 Å². The molecule has 0 bridgehead atoms. The van der Waals surface area contributed by atoms with Crippen molar-refractivity contribution in [3.05, 3.63) is 89.0 Å². The van der Waals surface area contributed by atoms with Gasteiger partial charge in [-0.05, 0) is 59.9 Å². The molecule has 3 aromatic carbocycles. The Hall–Kier alpha value is -3.11. The van der Waals surface area contributed by atoms with Crippen molar-refractivity contribution in [2.45, 2.75) is 115 Å². The highest BCUT2D eigenvalue weighted by Gasteiger charge is 2.29. The van der Waals surface area contributed by atoms with E-state index in [1.165, 1.54) is 44.9 Å². The minimum Gasteiger partial charge on any atom is -0.457 e. The number of rotatable bonds is 11. The highest BCUT2D eigenvalue weighted by Crippen LogP contribution is 2.45. The summed E-state index contributed by atoms with van der Waals surface area (Å²) in [6.45, 7) is 6.54. The van der Waals surface area contributed by atoms with Crippen LogP contribution in [-0.4, -0.2) is 17.1 Å². The van der Waals surface area contributed by atoms with E-state index in [0.29, 0.717) is 6.42 Å². The van der Waals surface area contributed by atoms with Crippen molar-refractivity contribution >= 4 is 11.6 Å². The second kappa shape index (κ2) is 13.9. The zero-order chi connectivity index (χ0) is 29.5. The van der Waals surface area contributed by atoms with Gasteiger partial charge in [0.25, 0.3) is 0 Å². The maximum absolute atomic E-state index is 13.6. The van der Waals surface area contributed by atoms with Gasteiger partial charge in [-0.25, -0.2) is 0 Å². The number of unbranched alkanes of at least 4 members (excludes halogenated alkanes) is 1. The van der Waals surface area contributed by atoms with Gasteiger partial charge in [0.15, 0.2) is 0 Å². The van der Waals surface area contributed by atoms with Gasteiger partial charge >= 0.3 is 0 Å². The molecule has 0 spiro atoms. The van der Waals surface area contributed by atoms with Gasteiger partial charge in [0.05, 0.1) is 6.10 Å². The van der Waals surface area contributed by atoms with E-state index in [1.54, 1.807) is 0 Å². The average Bonchev–Trinajstić information content (AvgIpc) is 2.98. The largest absolute Gasteiger partial charge is 0.457 e. The number of aliphatic hydroxyl groups excluding tert-OH is 1. The Kier molecular flexibility index (Phi) is 10.1. The number of hydrogen-bond donors (Lipinski definition) is 2. The molecule has 2 aliphatic rings. The molecule has 1 unspecified atom stereocenters. The van der Waals surface area contributed by atoms with E-state index in [0.717, 1.165) is 71.0 Å². The Bertz CT molecular complexity index is 1290. The molecule has 0 radical (unpaired) electrons. The first-order valence-electron chi connectivity index (χ1n) is 16.2. The molecule has 1 fully saturated rings. The standard InChI is InChI=1S/C38H49NO3/c1-38(2,3)33-24-22-28(21-23-29(40)16-8-7-15-27-13-5-4-6-14-27)25-34(33)39-37(41)26-32-30-17-9-11-19-35(30)42-36-20-12-10-18-31(32)36/h9-12,17-20,22,24-25,27,29,32,40H,4-8,13-16,21,23,26H2,1-3H3,(H,39,41). The fourth-order valence-electron chi connectivity index (χ4n) is 6.89. The number of fused-ring (bicyclic) bond motifs is 2. The minimum atomic E-state index is -0.273. The molecular formula is C38H49NO3. The number of carbonyl (C=O) groups excluding carboxylic acids is 1. The van der Waals surface area contributed by atoms with Crippen LogP contribution in [0, 0.1) is 5.92 Å². The third-order valence-corrected chi connectivity index (χ3v) is 9.26. The Morgan fingerprint density at radius 2 is 1.57 bits per heavy atom. The molecule has 2 N–H and O–H groups in total. The molecule has 4 heteroatoms. The molecule has 0 saturated heterocycles. The summed E-state index contributed by atoms with van der Waals surface area (Å²) >= 11 is 0. The number of hydrogen-bond acceptors (Lipinski definition) is 3. The van der Waals surface area contributed by atoms with Crippen molar-refractivity contribution in [3.63, 3.8) is 0 Å². The summed E-state index contributed by atoms with van der Waals surface area (Å²) in [4.78, 5) is 13.6. The van der Waals surface area contributed by atoms with Crippen LogP contribution >= 0.6 is 0 Å². The third kappa shape index (κ3) is 7.83. The molecule has 1 aliphatic heterocycles. The SMILES string of the molecule is CC(C)(C)c1ccc(CCC(O)CCCCC2CCCCC2)cc1NC(=O)CC1c2ccccc2Oc2ccccc21. The lowest BCUT2D eigenvalue weighted by Crippen LogP contribution is -2.22. The Morgan fingerprint density at radius 3 is 2.24 bits per heavy atom. The predicted octanol–water partition coefficient (Wildman–Crippen LogP) is 9.68. The van der Waals surface area contributed by atoms with Crippen LogP contribution in [-0.2, 0) is 16.6 Å². The first-order chi connectivity index (χ1) is 20.3. The van der Waals surface area contributed by atoms with Gasteiger partial charge in [-0.1, -0.05) is 121 Å². The van der Waals surface area contributed by atoms with Crippen LogP contribution in [0.4, 0.5) is 5.69 Å². The van der Waals surface area contributed by atoms with Gasteiger partial charge in [-0.2, -0.15) is 0 Å². The first kappa shape index (κ1) is 30.4. The average molecular weight is 568 g/mol. The number of aryl methyl sites for hydroxylation is 1. The zero-order valence-electron chi connectivity index (χ0n) is 25.8. The fraction of sp³-hybridized carbons (Fsp3) is 0.500. The quantitative estimate of drug-likeness (QED) is 0.227. The lowest BCUT2D eigenvalue weighted by atomic mass is 9.84. The van der Waals surface area contributed by atoms with Crippen molar-refractivity contribution in [1.29, 1.82) is 0 Å². The predicted molar refractivity (Wildman–Crippen MR) is 173 cm³/mol. The lowest BCUT2D eigenvalue weighted by molar-refractivity contribution is -0.116. The van der Waals surface area contributed by atoms with Gasteiger partial charge in [0.2, 0.25) is 5.91 Å². The van der Waals surface area contributed by atoms with E-state index in [4.69, 9.17) is 4.74 Å². The second-order valence-electron chi connectivity index (χ2n) is 13.6. The lowest BCUT2D eigenvalue weighted by Gasteiger charge is -2.28. The molecule has 1 heterocycles. The Morgan fingerprint density at radius 1 is 0.905 bits per heavy atom. The Labute approximate surface area is 252 Å². The molecular weight excluding hydrogens is 518 g/mol. The molecule has 42 heavy (non-hydrogen) atoms. The molecule has 1 atom stereocenters. The molecule has 3 aromatic rings. The van der Waals surface area contributed by atoms with E-state index in [2.05, 4.69) is 56.4 Å². The molecule has 0 aromatic heterocycles. The van der Waals surface area contributed by atoms with Crippen molar-refractivity contribution in [1.82, 2.24) is 0 Å². The van der Waals surface area contributed by atoms with Crippen LogP contribution in [0.2, 0.25) is 0 Å². The summed E-state index contributed by atoms with van der Waals surface area (Å²) in [6.07, 6.45) is 13.2. The third-order valence-electron chi connectivity index (χ3n) is 9.26. The van der Waals surface area contributed by atoms with Gasteiger partial charge in [-0.3, -0.25) is 4.79 Å². The Balaban J connectivity index is 1.21. The van der Waals surface area contributed by atoms with E-state index >= 15 is 0 Å². The van der Waals surface area contributed by atoms with Gasteiger partial charge in [-0.15, -0.1) is 0 Å². The van der Waals surface area contributed by atoms with E-state index < -0.39 is 0 Å². The number of amides is 1. The topological polar surface area (TPSA) is 58.6 Å². The van der Waals surface area contributed by atoms with E-state index in [-0.39, 0.29) is 23.3 Å². The summed E-state index contributed by atoms with van der Waals surface area (Å²) in [6, 6.07) is 22.5. The smallest absolute Gasteiger partial charge is 0.225 e. The van der Waals surface area contributed by atoms with Crippen LogP contribution in [0.15, 0.2) is 66.7 Å². The summed E-state index contributed by atoms with van der Waals surface area (Å²) in [5.74, 6) is 2.48. The summed E-state index contributed by atoms with van der Waals surface area (Å²) in [7, 11) is 0. The van der Waals surface area contributed by atoms with Crippen LogP contribution in [0.25, 0.3) is 0 Å². The number of aliphatic hydroxyl groups is 1. The van der Waals surface area contributed by atoms with E-state index in [9.17, 15) is 9.90 Å². The maximum Gasteiger partial charge on any atom is 0.225 e. The summed E-state index contributed by atoms with van der Waals surface area (Å²) < 4.78 is 6.14. The molecule has 224 valence electrons. The molecule has 1 aliphatic carbocycles. The number of benzene rings is 3. The van der Waals surface area contributed by atoms with Crippen LogP contribution < -0.4 is 10.1 Å². The first-order valence-corrected chi connectivity index (χ1v) is 16.2. The van der Waals surface area contributed by atoms with Crippen LogP contribution in [0.5, 0.6) is 11.5 Å². The highest BCUT2D eigenvalue weighted by molar-refractivity contribution is 5.93. The van der Waals surface area contributed by atoms with Crippen molar-refractivity contribution < 1.29 is 14.6 Å². The van der Waals surface area contributed by atoms with Crippen LogP contribution in [0.3, 0.4) is 0 Å². The van der Waals surface area contributed by atoms with Crippen molar-refractivity contribution in [2.75, 3.05) is 5.32 Å². The maximum atomic E-state index is 13.6. The van der Waals surface area contributed by atoms with Gasteiger partial charge < -0.3 is 15.2 Å². The van der Waals surface area contributed by atoms with Crippen molar-refractivity contribution in [3.8, 4) is 11.5 Å². The number of ether oxygens (including phenoxy) is 1. The van der Waals surface area contributed by atoms with Gasteiger partial charge in [0, 0.05) is 29.2 Å². The molecule has 5 rings (SSSR count). The minimum absolute atomic E-state index is 0.00726. The number of nitrogens with one attached hydrogen (secondary N) is 1. The number of carbonyl (C=O) groups is 1. The zero-order valence-corrected chi connectivity index (χ0v) is 25.8.